The van der Waals surface area contributed by atoms with Gasteiger partial charge in [0.05, 0.1) is 31.1 Å². The minimum Gasteiger partial charge on any atom is -0.488 e. The summed E-state index contributed by atoms with van der Waals surface area (Å²) in [5.74, 6) is 1.95. The summed E-state index contributed by atoms with van der Waals surface area (Å²) in [4.78, 5) is 1.61. The van der Waals surface area contributed by atoms with Gasteiger partial charge in [0.25, 0.3) is 0 Å². The van der Waals surface area contributed by atoms with Gasteiger partial charge in [-0.05, 0) is 24.3 Å². The first-order valence-corrected chi connectivity index (χ1v) is 11.0. The maximum Gasteiger partial charge on any atom is 0.243 e. The van der Waals surface area contributed by atoms with E-state index in [4.69, 9.17) is 14.2 Å². The monoisotopic (exact) mass is 405 g/mol. The lowest BCUT2D eigenvalue weighted by Crippen LogP contribution is -3.15. The number of para-hydroxylation sites is 1. The van der Waals surface area contributed by atoms with Crippen molar-refractivity contribution in [3.8, 4) is 17.2 Å². The summed E-state index contributed by atoms with van der Waals surface area (Å²) in [6.07, 6.45) is 0. The van der Waals surface area contributed by atoms with Gasteiger partial charge in [0, 0.05) is 6.07 Å². The molecule has 8 heteroatoms. The normalized spacial score (nSPS) is 18.0. The van der Waals surface area contributed by atoms with Crippen molar-refractivity contribution >= 4 is 10.0 Å². The number of nitrogens with one attached hydrogen (secondary N) is 1. The number of sulfonamides is 1. The molecule has 2 aliphatic heterocycles. The van der Waals surface area contributed by atoms with E-state index in [0.717, 1.165) is 25.4 Å². The van der Waals surface area contributed by atoms with Gasteiger partial charge in [-0.1, -0.05) is 18.2 Å². The first-order chi connectivity index (χ1) is 13.6. The minimum atomic E-state index is -3.53. The van der Waals surface area contributed by atoms with Crippen LogP contribution in [0.4, 0.5) is 0 Å². The first-order valence-electron chi connectivity index (χ1n) is 9.54. The van der Waals surface area contributed by atoms with Crippen LogP contribution in [0.3, 0.4) is 0 Å². The van der Waals surface area contributed by atoms with E-state index in [2.05, 4.69) is 0 Å². The average molecular weight is 405 g/mol. The number of hydrogen-bond donors (Lipinski definition) is 1. The van der Waals surface area contributed by atoms with Crippen molar-refractivity contribution in [2.75, 3.05) is 52.5 Å². The third kappa shape index (κ3) is 4.24. The van der Waals surface area contributed by atoms with Crippen LogP contribution in [0.5, 0.6) is 17.2 Å². The van der Waals surface area contributed by atoms with Gasteiger partial charge in [0.2, 0.25) is 10.0 Å². The van der Waals surface area contributed by atoms with Crippen molar-refractivity contribution < 1.29 is 27.5 Å². The third-order valence-electron chi connectivity index (χ3n) is 5.05. The van der Waals surface area contributed by atoms with Crippen LogP contribution < -0.4 is 19.1 Å². The molecule has 0 radical (unpaired) electrons. The molecule has 2 aliphatic rings. The number of nitrogens with zero attached hydrogens (tertiary/aromatic N) is 1. The summed E-state index contributed by atoms with van der Waals surface area (Å²) in [6, 6.07) is 14.6. The Balaban J connectivity index is 1.31. The molecule has 7 nitrogen and oxygen atoms in total. The molecular formula is C20H25N2O5S+. The molecule has 0 aromatic heterocycles. The van der Waals surface area contributed by atoms with E-state index in [1.165, 1.54) is 4.90 Å². The summed E-state index contributed by atoms with van der Waals surface area (Å²) in [5, 5.41) is 0. The van der Waals surface area contributed by atoms with Crippen LogP contribution in [0.25, 0.3) is 0 Å². The predicted molar refractivity (Wildman–Crippen MR) is 104 cm³/mol. The maximum absolute atomic E-state index is 13.0. The van der Waals surface area contributed by atoms with Gasteiger partial charge in [-0.25, -0.2) is 8.42 Å². The minimum absolute atomic E-state index is 0.257. The van der Waals surface area contributed by atoms with Crippen LogP contribution in [0.15, 0.2) is 53.4 Å². The van der Waals surface area contributed by atoms with Crippen LogP contribution in [0.2, 0.25) is 0 Å². The fourth-order valence-corrected chi connectivity index (χ4v) is 4.91. The molecule has 0 amide bonds. The number of fused-ring (bicyclic) bond motifs is 1. The van der Waals surface area contributed by atoms with Crippen molar-refractivity contribution in [1.82, 2.24) is 4.31 Å². The summed E-state index contributed by atoms with van der Waals surface area (Å²) in [6.45, 7) is 4.92. The number of piperazine rings is 1. The lowest BCUT2D eigenvalue weighted by atomic mass is 10.3. The van der Waals surface area contributed by atoms with Gasteiger partial charge < -0.3 is 19.1 Å². The molecule has 0 atom stereocenters. The Morgan fingerprint density at radius 2 is 1.68 bits per heavy atom. The Morgan fingerprint density at radius 1 is 0.964 bits per heavy atom. The van der Waals surface area contributed by atoms with E-state index in [9.17, 15) is 8.42 Å². The largest absolute Gasteiger partial charge is 0.488 e. The molecule has 28 heavy (non-hydrogen) atoms. The zero-order valence-electron chi connectivity index (χ0n) is 15.7. The van der Waals surface area contributed by atoms with E-state index in [1.807, 2.05) is 30.3 Å². The Bertz CT molecular complexity index is 896. The molecule has 150 valence electrons. The van der Waals surface area contributed by atoms with Crippen molar-refractivity contribution in [2.24, 2.45) is 0 Å². The lowest BCUT2D eigenvalue weighted by Gasteiger charge is -2.31. The highest BCUT2D eigenvalue weighted by Crippen LogP contribution is 2.33. The van der Waals surface area contributed by atoms with Gasteiger partial charge in [0.15, 0.2) is 11.5 Å². The Hall–Kier alpha value is -2.29. The summed E-state index contributed by atoms with van der Waals surface area (Å²) in [5.41, 5.74) is 0. The smallest absolute Gasteiger partial charge is 0.243 e. The van der Waals surface area contributed by atoms with E-state index < -0.39 is 10.0 Å². The topological polar surface area (TPSA) is 69.5 Å². The van der Waals surface area contributed by atoms with E-state index in [0.29, 0.717) is 44.4 Å². The van der Waals surface area contributed by atoms with Gasteiger partial charge in [-0.15, -0.1) is 0 Å². The van der Waals surface area contributed by atoms with Crippen molar-refractivity contribution in [3.05, 3.63) is 48.5 Å². The van der Waals surface area contributed by atoms with Gasteiger partial charge in [-0.2, -0.15) is 4.31 Å². The van der Waals surface area contributed by atoms with Crippen molar-refractivity contribution in [3.63, 3.8) is 0 Å². The SMILES string of the molecule is O=S(=O)(c1ccc2c(c1)OCCO2)N1CC[NH+](CCOc2ccccc2)CC1. The fourth-order valence-electron chi connectivity index (χ4n) is 3.46. The van der Waals surface area contributed by atoms with Crippen molar-refractivity contribution in [2.45, 2.75) is 4.90 Å². The van der Waals surface area contributed by atoms with Crippen LogP contribution in [-0.2, 0) is 10.0 Å². The van der Waals surface area contributed by atoms with Gasteiger partial charge in [0.1, 0.15) is 32.1 Å². The summed E-state index contributed by atoms with van der Waals surface area (Å²) in [7, 11) is -3.53. The molecule has 2 aromatic carbocycles. The van der Waals surface area contributed by atoms with Crippen LogP contribution in [0, 0.1) is 0 Å². The second-order valence-electron chi connectivity index (χ2n) is 6.87. The highest BCUT2D eigenvalue weighted by atomic mass is 32.2. The Labute approximate surface area is 165 Å². The summed E-state index contributed by atoms with van der Waals surface area (Å²) < 4.78 is 44.2. The van der Waals surface area contributed by atoms with Crippen LogP contribution >= 0.6 is 0 Å². The molecule has 0 aliphatic carbocycles. The molecule has 1 fully saturated rings. The third-order valence-corrected chi connectivity index (χ3v) is 6.94. The first kappa shape index (κ1) is 19.0. The molecule has 2 heterocycles. The molecule has 4 rings (SSSR count). The van der Waals surface area contributed by atoms with E-state index in [1.54, 1.807) is 22.5 Å². The van der Waals surface area contributed by atoms with Crippen LogP contribution in [0.1, 0.15) is 0 Å². The van der Waals surface area contributed by atoms with Gasteiger partial charge >= 0.3 is 0 Å². The van der Waals surface area contributed by atoms with Crippen LogP contribution in [-0.4, -0.2) is 65.3 Å². The Morgan fingerprint density at radius 3 is 2.43 bits per heavy atom. The Kier molecular flexibility index (Phi) is 5.70. The number of hydrogen-bond acceptors (Lipinski definition) is 5. The average Bonchev–Trinajstić information content (AvgIpc) is 2.74. The molecular weight excluding hydrogens is 380 g/mol. The zero-order valence-corrected chi connectivity index (χ0v) is 16.5. The predicted octanol–water partition coefficient (Wildman–Crippen LogP) is 0.426. The second-order valence-corrected chi connectivity index (χ2v) is 8.81. The molecule has 1 N–H and O–H groups in total. The number of ether oxygens (including phenoxy) is 3. The molecule has 0 bridgehead atoms. The number of rotatable bonds is 6. The molecule has 0 spiro atoms. The highest BCUT2D eigenvalue weighted by molar-refractivity contribution is 7.89. The van der Waals surface area contributed by atoms with Crippen molar-refractivity contribution in [1.29, 1.82) is 0 Å². The molecule has 1 saturated heterocycles. The maximum atomic E-state index is 13.0. The lowest BCUT2D eigenvalue weighted by molar-refractivity contribution is -0.903. The van der Waals surface area contributed by atoms with E-state index in [-0.39, 0.29) is 4.90 Å². The fraction of sp³-hybridized carbons (Fsp3) is 0.400. The quantitative estimate of drug-likeness (QED) is 0.755. The molecule has 2 aromatic rings. The zero-order chi connectivity index (χ0) is 19.4. The van der Waals surface area contributed by atoms with E-state index >= 15 is 0 Å². The standard InChI is InChI=1S/C20H24N2O5S/c23-28(24,18-6-7-19-20(16-18)27-15-14-26-19)22-10-8-21(9-11-22)12-13-25-17-4-2-1-3-5-17/h1-7,16H,8-15H2/p+1. The molecule has 0 saturated carbocycles. The summed E-state index contributed by atoms with van der Waals surface area (Å²) >= 11 is 0. The number of benzene rings is 2. The highest BCUT2D eigenvalue weighted by Gasteiger charge is 2.31. The van der Waals surface area contributed by atoms with Gasteiger partial charge in [-0.3, -0.25) is 0 Å². The molecule has 0 unspecified atom stereocenters. The second kappa shape index (κ2) is 8.38. The number of quaternary nitrogens is 1.